The van der Waals surface area contributed by atoms with Crippen molar-refractivity contribution in [3.05, 3.63) is 24.2 Å². The highest BCUT2D eigenvalue weighted by Gasteiger charge is 2.22. The first-order valence-corrected chi connectivity index (χ1v) is 6.73. The van der Waals surface area contributed by atoms with Crippen molar-refractivity contribution in [3.63, 3.8) is 0 Å². The Morgan fingerprint density at radius 2 is 2.11 bits per heavy atom. The van der Waals surface area contributed by atoms with Gasteiger partial charge in [-0.1, -0.05) is 6.92 Å². The van der Waals surface area contributed by atoms with Crippen molar-refractivity contribution >= 4 is 5.78 Å². The van der Waals surface area contributed by atoms with Crippen molar-refractivity contribution in [1.82, 2.24) is 9.80 Å². The van der Waals surface area contributed by atoms with Gasteiger partial charge in [-0.2, -0.15) is 0 Å². The molecule has 0 spiro atoms. The second kappa shape index (κ2) is 6.16. The highest BCUT2D eigenvalue weighted by molar-refractivity contribution is 5.94. The summed E-state index contributed by atoms with van der Waals surface area (Å²) in [6.45, 7) is 9.01. The lowest BCUT2D eigenvalue weighted by Crippen LogP contribution is -2.50. The Hall–Kier alpha value is -1.13. The van der Waals surface area contributed by atoms with Gasteiger partial charge in [0.15, 0.2) is 5.76 Å². The molecule has 2 rings (SSSR count). The Labute approximate surface area is 109 Å². The average Bonchev–Trinajstić information content (AvgIpc) is 2.92. The maximum Gasteiger partial charge on any atom is 0.211 e. The van der Waals surface area contributed by atoms with Crippen LogP contribution in [-0.2, 0) is 0 Å². The van der Waals surface area contributed by atoms with E-state index in [2.05, 4.69) is 23.6 Å². The van der Waals surface area contributed by atoms with E-state index in [4.69, 9.17) is 4.42 Å². The predicted octanol–water partition coefficient (Wildman–Crippen LogP) is 1.88. The molecule has 1 saturated heterocycles. The second-order valence-corrected chi connectivity index (χ2v) is 4.97. The number of hydrogen-bond acceptors (Lipinski definition) is 4. The molecule has 100 valence electrons. The molecule has 1 aliphatic rings. The highest BCUT2D eigenvalue weighted by atomic mass is 16.3. The number of hydrogen-bond donors (Lipinski definition) is 0. The minimum absolute atomic E-state index is 0.0805. The highest BCUT2D eigenvalue weighted by Crippen LogP contribution is 2.10. The predicted molar refractivity (Wildman–Crippen MR) is 70.8 cm³/mol. The van der Waals surface area contributed by atoms with Gasteiger partial charge >= 0.3 is 0 Å². The molecule has 0 aliphatic carbocycles. The Bertz CT molecular complexity index is 367. The molecule has 0 amide bonds. The summed E-state index contributed by atoms with van der Waals surface area (Å²) >= 11 is 0. The fourth-order valence-electron chi connectivity index (χ4n) is 2.34. The third kappa shape index (κ3) is 3.21. The SMILES string of the molecule is CCC(C)N1CCN(CC(=O)c2ccco2)CC1. The van der Waals surface area contributed by atoms with Crippen LogP contribution in [-0.4, -0.2) is 54.3 Å². The Balaban J connectivity index is 1.78. The van der Waals surface area contributed by atoms with Gasteiger partial charge in [-0.3, -0.25) is 14.6 Å². The molecule has 0 bridgehead atoms. The van der Waals surface area contributed by atoms with Crippen molar-refractivity contribution in [3.8, 4) is 0 Å². The van der Waals surface area contributed by atoms with Crippen molar-refractivity contribution in [2.45, 2.75) is 26.3 Å². The summed E-state index contributed by atoms with van der Waals surface area (Å²) in [6.07, 6.45) is 2.74. The van der Waals surface area contributed by atoms with E-state index in [1.807, 2.05) is 0 Å². The molecule has 1 aromatic rings. The second-order valence-electron chi connectivity index (χ2n) is 4.97. The van der Waals surface area contributed by atoms with Crippen LogP contribution in [0, 0.1) is 0 Å². The number of furan rings is 1. The maximum atomic E-state index is 11.9. The summed E-state index contributed by atoms with van der Waals surface area (Å²) in [4.78, 5) is 16.6. The van der Waals surface area contributed by atoms with Gasteiger partial charge in [0.05, 0.1) is 12.8 Å². The summed E-state index contributed by atoms with van der Waals surface area (Å²) < 4.78 is 5.13. The summed E-state index contributed by atoms with van der Waals surface area (Å²) in [5, 5.41) is 0. The molecule has 18 heavy (non-hydrogen) atoms. The largest absolute Gasteiger partial charge is 0.461 e. The third-order valence-corrected chi connectivity index (χ3v) is 3.78. The Morgan fingerprint density at radius 3 is 2.67 bits per heavy atom. The van der Waals surface area contributed by atoms with Crippen LogP contribution in [0.3, 0.4) is 0 Å². The van der Waals surface area contributed by atoms with Gasteiger partial charge in [0.2, 0.25) is 5.78 Å². The van der Waals surface area contributed by atoms with Crippen LogP contribution in [0.15, 0.2) is 22.8 Å². The van der Waals surface area contributed by atoms with Crippen LogP contribution < -0.4 is 0 Å². The fraction of sp³-hybridized carbons (Fsp3) is 0.643. The standard InChI is InChI=1S/C14H22N2O2/c1-3-12(2)16-8-6-15(7-9-16)11-13(17)14-5-4-10-18-14/h4-5,10,12H,3,6-9,11H2,1-2H3. The Kier molecular flexibility index (Phi) is 4.55. The van der Waals surface area contributed by atoms with E-state index in [0.717, 1.165) is 26.2 Å². The van der Waals surface area contributed by atoms with Crippen LogP contribution in [0.1, 0.15) is 30.8 Å². The molecule has 0 radical (unpaired) electrons. The van der Waals surface area contributed by atoms with Crippen LogP contribution >= 0.6 is 0 Å². The minimum Gasteiger partial charge on any atom is -0.461 e. The summed E-state index contributed by atoms with van der Waals surface area (Å²) in [6, 6.07) is 4.14. The third-order valence-electron chi connectivity index (χ3n) is 3.78. The fourth-order valence-corrected chi connectivity index (χ4v) is 2.34. The zero-order valence-corrected chi connectivity index (χ0v) is 11.3. The smallest absolute Gasteiger partial charge is 0.211 e. The van der Waals surface area contributed by atoms with E-state index in [-0.39, 0.29) is 5.78 Å². The molecule has 1 aromatic heterocycles. The van der Waals surface area contributed by atoms with Crippen molar-refractivity contribution in [2.75, 3.05) is 32.7 Å². The molecule has 0 saturated carbocycles. The molecular formula is C14H22N2O2. The molecule has 1 unspecified atom stereocenters. The van der Waals surface area contributed by atoms with Crippen molar-refractivity contribution in [1.29, 1.82) is 0 Å². The number of carbonyl (C=O) groups is 1. The minimum atomic E-state index is 0.0805. The van der Waals surface area contributed by atoms with Crippen LogP contribution in [0.2, 0.25) is 0 Å². The van der Waals surface area contributed by atoms with E-state index in [1.165, 1.54) is 6.42 Å². The molecular weight excluding hydrogens is 228 g/mol. The number of piperazine rings is 1. The lowest BCUT2D eigenvalue weighted by atomic mass is 10.2. The van der Waals surface area contributed by atoms with Gasteiger partial charge in [-0.25, -0.2) is 0 Å². The van der Waals surface area contributed by atoms with Gasteiger partial charge in [0, 0.05) is 32.2 Å². The molecule has 0 N–H and O–H groups in total. The van der Waals surface area contributed by atoms with Gasteiger partial charge < -0.3 is 4.42 Å². The first-order chi connectivity index (χ1) is 8.70. The lowest BCUT2D eigenvalue weighted by molar-refractivity contribution is 0.0764. The van der Waals surface area contributed by atoms with E-state index < -0.39 is 0 Å². The van der Waals surface area contributed by atoms with Gasteiger partial charge in [0.25, 0.3) is 0 Å². The number of ketones is 1. The average molecular weight is 250 g/mol. The molecule has 0 aromatic carbocycles. The van der Waals surface area contributed by atoms with Crippen LogP contribution in [0.25, 0.3) is 0 Å². The van der Waals surface area contributed by atoms with Crippen molar-refractivity contribution in [2.24, 2.45) is 0 Å². The van der Waals surface area contributed by atoms with Crippen molar-refractivity contribution < 1.29 is 9.21 Å². The topological polar surface area (TPSA) is 36.7 Å². The molecule has 2 heterocycles. The van der Waals surface area contributed by atoms with Crippen LogP contribution in [0.4, 0.5) is 0 Å². The van der Waals surface area contributed by atoms with Gasteiger partial charge in [-0.15, -0.1) is 0 Å². The van der Waals surface area contributed by atoms with Crippen LogP contribution in [0.5, 0.6) is 0 Å². The summed E-state index contributed by atoms with van der Waals surface area (Å²) in [5.41, 5.74) is 0. The number of nitrogens with zero attached hydrogens (tertiary/aromatic N) is 2. The quantitative estimate of drug-likeness (QED) is 0.748. The first-order valence-electron chi connectivity index (χ1n) is 6.73. The maximum absolute atomic E-state index is 11.9. The summed E-state index contributed by atoms with van der Waals surface area (Å²) in [5.74, 6) is 0.552. The van der Waals surface area contributed by atoms with E-state index in [9.17, 15) is 4.79 Å². The molecule has 1 aliphatic heterocycles. The lowest BCUT2D eigenvalue weighted by Gasteiger charge is -2.37. The van der Waals surface area contributed by atoms with Gasteiger partial charge in [0.1, 0.15) is 0 Å². The van der Waals surface area contributed by atoms with E-state index in [1.54, 1.807) is 18.4 Å². The van der Waals surface area contributed by atoms with E-state index >= 15 is 0 Å². The molecule has 4 heteroatoms. The van der Waals surface area contributed by atoms with Gasteiger partial charge in [-0.05, 0) is 25.5 Å². The number of rotatable bonds is 5. The number of carbonyl (C=O) groups excluding carboxylic acids is 1. The molecule has 1 atom stereocenters. The summed E-state index contributed by atoms with van der Waals surface area (Å²) in [7, 11) is 0. The normalized spacial score (nSPS) is 19.9. The van der Waals surface area contributed by atoms with E-state index in [0.29, 0.717) is 18.3 Å². The Morgan fingerprint density at radius 1 is 1.39 bits per heavy atom. The number of Topliss-reactive ketones (excluding diaryl/α,β-unsaturated/α-hetero) is 1. The zero-order chi connectivity index (χ0) is 13.0. The first kappa shape index (κ1) is 13.3. The molecule has 4 nitrogen and oxygen atoms in total. The molecule has 1 fully saturated rings. The monoisotopic (exact) mass is 250 g/mol. The zero-order valence-electron chi connectivity index (χ0n) is 11.3.